The number of thioether (sulfide) groups is 1. The molecule has 8 heteroatoms. The molecule has 6 nitrogen and oxygen atoms in total. The highest BCUT2D eigenvalue weighted by Gasteiger charge is 2.32. The Morgan fingerprint density at radius 3 is 2.79 bits per heavy atom. The maximum Gasteiger partial charge on any atom is 0.305 e. The number of thiocarbonyl (C=S) groups is 1. The quantitative estimate of drug-likeness (QED) is 0.634. The summed E-state index contributed by atoms with van der Waals surface area (Å²) in [4.78, 5) is 27.0. The molecule has 1 aromatic rings. The van der Waals surface area contributed by atoms with E-state index >= 15 is 0 Å². The van der Waals surface area contributed by atoms with E-state index in [2.05, 4.69) is 4.90 Å². The summed E-state index contributed by atoms with van der Waals surface area (Å²) in [6.45, 7) is 2.07. The summed E-state index contributed by atoms with van der Waals surface area (Å²) in [5.41, 5.74) is 0. The molecule has 2 saturated heterocycles. The van der Waals surface area contributed by atoms with E-state index in [-0.39, 0.29) is 18.9 Å². The summed E-state index contributed by atoms with van der Waals surface area (Å²) >= 11 is 6.34. The van der Waals surface area contributed by atoms with Crippen LogP contribution in [0.1, 0.15) is 31.4 Å². The molecule has 2 fully saturated rings. The zero-order valence-electron chi connectivity index (χ0n) is 13.1. The second-order valence-electron chi connectivity index (χ2n) is 5.70. The van der Waals surface area contributed by atoms with Crippen LogP contribution in [0.2, 0.25) is 0 Å². The minimum absolute atomic E-state index is 0.0918. The molecule has 0 aliphatic carbocycles. The van der Waals surface area contributed by atoms with Crippen LogP contribution < -0.4 is 4.90 Å². The molecule has 0 bridgehead atoms. The van der Waals surface area contributed by atoms with Crippen molar-refractivity contribution in [3.63, 3.8) is 0 Å². The van der Waals surface area contributed by atoms with Gasteiger partial charge in [-0.3, -0.25) is 14.5 Å². The standard InChI is InChI=1S/C16H18N2O4S2/c19-14(20)6-9-18-15(21)12(24-16(18)23)10-11-4-5-13(22-11)17-7-2-1-3-8-17/h4-5,10H,1-3,6-9H2,(H,19,20)/b12-10+. The number of hydrogen-bond acceptors (Lipinski definition) is 6. The second kappa shape index (κ2) is 7.40. The zero-order valence-corrected chi connectivity index (χ0v) is 14.7. The van der Waals surface area contributed by atoms with Crippen molar-refractivity contribution in [2.24, 2.45) is 0 Å². The van der Waals surface area contributed by atoms with E-state index in [1.165, 1.54) is 23.1 Å². The molecule has 24 heavy (non-hydrogen) atoms. The number of carboxylic acid groups (broad SMARTS) is 1. The van der Waals surface area contributed by atoms with E-state index in [0.717, 1.165) is 31.8 Å². The van der Waals surface area contributed by atoms with Gasteiger partial charge in [-0.25, -0.2) is 0 Å². The fraction of sp³-hybridized carbons (Fsp3) is 0.438. The van der Waals surface area contributed by atoms with Gasteiger partial charge in [-0.15, -0.1) is 0 Å². The van der Waals surface area contributed by atoms with Crippen molar-refractivity contribution in [1.29, 1.82) is 0 Å². The molecule has 2 aliphatic rings. The SMILES string of the molecule is O=C(O)CCN1C(=O)/C(=C\c2ccc(N3CCCCC3)o2)SC1=S. The zero-order chi connectivity index (χ0) is 17.1. The van der Waals surface area contributed by atoms with Crippen LogP contribution in [0.5, 0.6) is 0 Å². The Morgan fingerprint density at radius 2 is 2.08 bits per heavy atom. The van der Waals surface area contributed by atoms with E-state index in [9.17, 15) is 9.59 Å². The molecule has 1 amide bonds. The first-order chi connectivity index (χ1) is 11.5. The molecule has 0 radical (unpaired) electrons. The number of amides is 1. The van der Waals surface area contributed by atoms with Crippen molar-refractivity contribution >= 4 is 52.1 Å². The monoisotopic (exact) mass is 366 g/mol. The molecule has 3 heterocycles. The van der Waals surface area contributed by atoms with Crippen molar-refractivity contribution in [2.45, 2.75) is 25.7 Å². The Hall–Kier alpha value is -1.80. The summed E-state index contributed by atoms with van der Waals surface area (Å²) < 4.78 is 6.21. The smallest absolute Gasteiger partial charge is 0.305 e. The minimum Gasteiger partial charge on any atom is -0.481 e. The predicted molar refractivity (Wildman–Crippen MR) is 96.9 cm³/mol. The van der Waals surface area contributed by atoms with Gasteiger partial charge in [0.15, 0.2) is 5.88 Å². The summed E-state index contributed by atoms with van der Waals surface area (Å²) in [7, 11) is 0. The number of carbonyl (C=O) groups is 2. The normalized spacial score (nSPS) is 20.2. The highest BCUT2D eigenvalue weighted by atomic mass is 32.2. The van der Waals surface area contributed by atoms with Crippen LogP contribution in [0.15, 0.2) is 21.5 Å². The number of aliphatic carboxylic acids is 1. The molecule has 0 atom stereocenters. The van der Waals surface area contributed by atoms with Crippen LogP contribution in [0.3, 0.4) is 0 Å². The van der Waals surface area contributed by atoms with Gasteiger partial charge < -0.3 is 14.4 Å². The molecular weight excluding hydrogens is 348 g/mol. The molecule has 3 rings (SSSR count). The predicted octanol–water partition coefficient (Wildman–Crippen LogP) is 2.95. The molecule has 0 spiro atoms. The number of rotatable bonds is 5. The second-order valence-corrected chi connectivity index (χ2v) is 7.38. The lowest BCUT2D eigenvalue weighted by molar-refractivity contribution is -0.137. The summed E-state index contributed by atoms with van der Waals surface area (Å²) in [6, 6.07) is 3.76. The lowest BCUT2D eigenvalue weighted by Crippen LogP contribution is -2.30. The third kappa shape index (κ3) is 3.81. The van der Waals surface area contributed by atoms with Crippen LogP contribution in [-0.4, -0.2) is 45.8 Å². The summed E-state index contributed by atoms with van der Waals surface area (Å²) in [5, 5.41) is 8.75. The lowest BCUT2D eigenvalue weighted by Gasteiger charge is -2.25. The van der Waals surface area contributed by atoms with Crippen LogP contribution in [-0.2, 0) is 9.59 Å². The Bertz CT molecular complexity index is 692. The Kier molecular flexibility index (Phi) is 5.25. The molecule has 2 aliphatic heterocycles. The lowest BCUT2D eigenvalue weighted by atomic mass is 10.1. The Labute approximate surface area is 149 Å². The molecule has 0 aromatic carbocycles. The number of carbonyl (C=O) groups excluding carboxylic acids is 1. The number of piperidine rings is 1. The maximum atomic E-state index is 12.3. The van der Waals surface area contributed by atoms with Gasteiger partial charge in [0, 0.05) is 31.8 Å². The van der Waals surface area contributed by atoms with Gasteiger partial charge in [-0.05, 0) is 25.3 Å². The fourth-order valence-electron chi connectivity index (χ4n) is 2.73. The van der Waals surface area contributed by atoms with Crippen LogP contribution in [0.25, 0.3) is 6.08 Å². The molecule has 128 valence electrons. The van der Waals surface area contributed by atoms with E-state index in [0.29, 0.717) is 15.0 Å². The third-order valence-corrected chi connectivity index (χ3v) is 5.35. The maximum absolute atomic E-state index is 12.3. The largest absolute Gasteiger partial charge is 0.481 e. The summed E-state index contributed by atoms with van der Waals surface area (Å²) in [6.07, 6.45) is 5.13. The molecule has 0 unspecified atom stereocenters. The van der Waals surface area contributed by atoms with Crippen LogP contribution >= 0.6 is 24.0 Å². The van der Waals surface area contributed by atoms with E-state index < -0.39 is 5.97 Å². The third-order valence-electron chi connectivity index (χ3n) is 3.98. The molecule has 1 aromatic heterocycles. The first-order valence-electron chi connectivity index (χ1n) is 7.86. The molecule has 0 saturated carbocycles. The minimum atomic E-state index is -0.953. The van der Waals surface area contributed by atoms with Gasteiger partial charge in [-0.1, -0.05) is 24.0 Å². The number of nitrogens with zero attached hydrogens (tertiary/aromatic N) is 2. The number of anilines is 1. The van der Waals surface area contributed by atoms with Gasteiger partial charge in [-0.2, -0.15) is 0 Å². The van der Waals surface area contributed by atoms with Crippen molar-refractivity contribution in [1.82, 2.24) is 4.90 Å². The number of carboxylic acids is 1. The van der Waals surface area contributed by atoms with Crippen LogP contribution in [0, 0.1) is 0 Å². The van der Waals surface area contributed by atoms with Gasteiger partial charge >= 0.3 is 5.97 Å². The first kappa shape index (κ1) is 17.0. The van der Waals surface area contributed by atoms with Crippen molar-refractivity contribution in [2.75, 3.05) is 24.5 Å². The average Bonchev–Trinajstić information content (AvgIpc) is 3.13. The van der Waals surface area contributed by atoms with Crippen molar-refractivity contribution in [3.05, 3.63) is 22.8 Å². The van der Waals surface area contributed by atoms with Gasteiger partial charge in [0.25, 0.3) is 5.91 Å². The molecule has 1 N–H and O–H groups in total. The van der Waals surface area contributed by atoms with Crippen LogP contribution in [0.4, 0.5) is 5.88 Å². The topological polar surface area (TPSA) is 74.0 Å². The first-order valence-corrected chi connectivity index (χ1v) is 9.09. The summed E-state index contributed by atoms with van der Waals surface area (Å²) in [5.74, 6) is 0.212. The van der Waals surface area contributed by atoms with Crippen molar-refractivity contribution < 1.29 is 19.1 Å². The van der Waals surface area contributed by atoms with E-state index in [1.807, 2.05) is 12.1 Å². The fourth-order valence-corrected chi connectivity index (χ4v) is 4.02. The van der Waals surface area contributed by atoms with E-state index in [4.69, 9.17) is 21.7 Å². The van der Waals surface area contributed by atoms with Gasteiger partial charge in [0.1, 0.15) is 10.1 Å². The number of furan rings is 1. The number of hydrogen-bond donors (Lipinski definition) is 1. The Balaban J connectivity index is 1.70. The molecular formula is C16H18N2O4S2. The van der Waals surface area contributed by atoms with Gasteiger partial charge in [0.2, 0.25) is 0 Å². The van der Waals surface area contributed by atoms with E-state index in [1.54, 1.807) is 6.08 Å². The highest BCUT2D eigenvalue weighted by molar-refractivity contribution is 8.26. The highest BCUT2D eigenvalue weighted by Crippen LogP contribution is 2.33. The Morgan fingerprint density at radius 1 is 1.33 bits per heavy atom. The van der Waals surface area contributed by atoms with Crippen molar-refractivity contribution in [3.8, 4) is 0 Å². The van der Waals surface area contributed by atoms with Gasteiger partial charge in [0.05, 0.1) is 11.3 Å². The average molecular weight is 366 g/mol.